The zero-order chi connectivity index (χ0) is 18.0. The first-order valence-electron chi connectivity index (χ1n) is 7.15. The van der Waals surface area contributed by atoms with E-state index in [9.17, 15) is 8.42 Å². The Morgan fingerprint density at radius 2 is 1.76 bits per heavy atom. The van der Waals surface area contributed by atoms with E-state index < -0.39 is 10.0 Å². The van der Waals surface area contributed by atoms with Crippen molar-refractivity contribution in [3.05, 3.63) is 71.4 Å². The Morgan fingerprint density at radius 3 is 2.36 bits per heavy atom. The maximum atomic E-state index is 12.5. The van der Waals surface area contributed by atoms with Crippen molar-refractivity contribution in [2.45, 2.75) is 4.90 Å². The molecule has 0 aliphatic rings. The molecule has 0 aliphatic carbocycles. The predicted octanol–water partition coefficient (Wildman–Crippen LogP) is 2.42. The van der Waals surface area contributed by atoms with Gasteiger partial charge in [-0.25, -0.2) is 0 Å². The molecule has 3 aromatic rings. The lowest BCUT2D eigenvalue weighted by Gasteiger charge is -2.11. The van der Waals surface area contributed by atoms with Crippen LogP contribution in [0, 0.1) is 5.41 Å². The van der Waals surface area contributed by atoms with Gasteiger partial charge in [-0.2, -0.15) is 18.0 Å². The number of halogens is 1. The van der Waals surface area contributed by atoms with E-state index in [0.717, 1.165) is 4.79 Å². The number of rotatable bonds is 5. The molecule has 3 rings (SSSR count). The summed E-state index contributed by atoms with van der Waals surface area (Å²) in [6.07, 6.45) is 0. The van der Waals surface area contributed by atoms with Crippen LogP contribution in [0.1, 0.15) is 5.69 Å². The fourth-order valence-electron chi connectivity index (χ4n) is 2.17. The van der Waals surface area contributed by atoms with E-state index in [1.54, 1.807) is 42.5 Å². The quantitative estimate of drug-likeness (QED) is 0.469. The van der Waals surface area contributed by atoms with Gasteiger partial charge in [-0.3, -0.25) is 5.41 Å². The molecule has 2 aromatic carbocycles. The van der Waals surface area contributed by atoms with Crippen LogP contribution in [0.2, 0.25) is 5.02 Å². The number of hydrogen-bond acceptors (Lipinski definition) is 4. The summed E-state index contributed by atoms with van der Waals surface area (Å²) in [6.45, 7) is 0. The van der Waals surface area contributed by atoms with Crippen molar-refractivity contribution in [1.29, 1.82) is 5.41 Å². The van der Waals surface area contributed by atoms with Gasteiger partial charge in [-0.15, -0.1) is 5.10 Å². The molecule has 0 bridgehead atoms. The fraction of sp³-hybridized carbons (Fsp3) is 0. The highest BCUT2D eigenvalue weighted by molar-refractivity contribution is 7.92. The third-order valence-electron chi connectivity index (χ3n) is 3.39. The Kier molecular flexibility index (Phi) is 4.47. The first kappa shape index (κ1) is 17.0. The smallest absolute Gasteiger partial charge is 0.276 e. The summed E-state index contributed by atoms with van der Waals surface area (Å²) in [5, 5.41) is 12.2. The lowest BCUT2D eigenvalue weighted by molar-refractivity contribution is 0.592. The van der Waals surface area contributed by atoms with Gasteiger partial charge in [0.25, 0.3) is 10.0 Å². The normalized spacial score (nSPS) is 11.2. The van der Waals surface area contributed by atoms with Gasteiger partial charge in [-0.05, 0) is 30.3 Å². The van der Waals surface area contributed by atoms with Crippen LogP contribution in [0.25, 0.3) is 11.3 Å². The summed E-state index contributed by atoms with van der Waals surface area (Å²) in [7, 11) is -3.85. The summed E-state index contributed by atoms with van der Waals surface area (Å²) in [6, 6.07) is 16.2. The Bertz CT molecular complexity index is 1010. The Labute approximate surface area is 149 Å². The molecular weight excluding hydrogens is 362 g/mol. The summed E-state index contributed by atoms with van der Waals surface area (Å²) in [5.74, 6) is -0.270. The highest BCUT2D eigenvalue weighted by Crippen LogP contribution is 2.23. The summed E-state index contributed by atoms with van der Waals surface area (Å²) < 4.78 is 25.1. The fourth-order valence-corrected chi connectivity index (χ4v) is 3.29. The van der Waals surface area contributed by atoms with Gasteiger partial charge < -0.3 is 5.73 Å². The topological polar surface area (TPSA) is 114 Å². The molecule has 0 radical (unpaired) electrons. The molecule has 0 saturated heterocycles. The van der Waals surface area contributed by atoms with Crippen molar-refractivity contribution in [3.63, 3.8) is 0 Å². The Morgan fingerprint density at radius 1 is 1.12 bits per heavy atom. The van der Waals surface area contributed by atoms with Crippen molar-refractivity contribution in [3.8, 4) is 11.3 Å². The highest BCUT2D eigenvalue weighted by atomic mass is 35.5. The molecule has 1 heterocycles. The van der Waals surface area contributed by atoms with Crippen molar-refractivity contribution in [2.75, 3.05) is 4.83 Å². The van der Waals surface area contributed by atoms with Gasteiger partial charge in [0.05, 0.1) is 10.6 Å². The zero-order valence-corrected chi connectivity index (χ0v) is 14.4. The molecule has 0 saturated carbocycles. The number of amidine groups is 1. The third kappa shape index (κ3) is 3.65. The molecule has 0 aliphatic heterocycles. The van der Waals surface area contributed by atoms with E-state index in [-0.39, 0.29) is 16.4 Å². The standard InChI is InChI=1S/C16H14ClN5O2S/c17-12-8-6-11(7-9-12)15-10-14(16(18)19)20-22(15)21-25(23,24)13-4-2-1-3-5-13/h1-10,21H,(H3,18,19). The number of sulfonamides is 1. The van der Waals surface area contributed by atoms with Gasteiger partial charge >= 0.3 is 0 Å². The van der Waals surface area contributed by atoms with Crippen LogP contribution in [0.5, 0.6) is 0 Å². The Hall–Kier alpha value is -2.84. The van der Waals surface area contributed by atoms with Crippen molar-refractivity contribution >= 4 is 27.5 Å². The maximum absolute atomic E-state index is 12.5. The molecule has 9 heteroatoms. The average Bonchev–Trinajstić information content (AvgIpc) is 3.00. The van der Waals surface area contributed by atoms with E-state index in [0.29, 0.717) is 16.3 Å². The van der Waals surface area contributed by atoms with Crippen LogP contribution in [0.3, 0.4) is 0 Å². The van der Waals surface area contributed by atoms with E-state index >= 15 is 0 Å². The molecule has 4 N–H and O–H groups in total. The number of benzene rings is 2. The molecule has 128 valence electrons. The highest BCUT2D eigenvalue weighted by Gasteiger charge is 2.18. The van der Waals surface area contributed by atoms with Crippen molar-refractivity contribution in [1.82, 2.24) is 9.89 Å². The number of nitrogens with one attached hydrogen (secondary N) is 2. The van der Waals surface area contributed by atoms with Crippen molar-refractivity contribution < 1.29 is 8.42 Å². The molecule has 0 atom stereocenters. The average molecular weight is 376 g/mol. The van der Waals surface area contributed by atoms with E-state index in [2.05, 4.69) is 9.93 Å². The maximum Gasteiger partial charge on any atom is 0.276 e. The Balaban J connectivity index is 2.06. The summed E-state index contributed by atoms with van der Waals surface area (Å²) in [5.41, 5.74) is 6.73. The first-order chi connectivity index (χ1) is 11.9. The van der Waals surface area contributed by atoms with Crippen LogP contribution >= 0.6 is 11.6 Å². The van der Waals surface area contributed by atoms with Crippen LogP contribution in [-0.2, 0) is 10.0 Å². The van der Waals surface area contributed by atoms with Crippen molar-refractivity contribution in [2.24, 2.45) is 5.73 Å². The van der Waals surface area contributed by atoms with E-state index in [1.165, 1.54) is 18.2 Å². The number of hydrogen-bond donors (Lipinski definition) is 3. The molecule has 25 heavy (non-hydrogen) atoms. The van der Waals surface area contributed by atoms with Gasteiger partial charge in [0.2, 0.25) is 0 Å². The molecule has 0 fully saturated rings. The van der Waals surface area contributed by atoms with Gasteiger partial charge in [-0.1, -0.05) is 41.9 Å². The lowest BCUT2D eigenvalue weighted by atomic mass is 10.1. The number of aromatic nitrogens is 2. The van der Waals surface area contributed by atoms with Gasteiger partial charge in [0, 0.05) is 10.6 Å². The number of nitrogens with two attached hydrogens (primary N) is 1. The molecule has 1 aromatic heterocycles. The minimum absolute atomic E-state index is 0.0944. The summed E-state index contributed by atoms with van der Waals surface area (Å²) >= 11 is 5.89. The lowest BCUT2D eigenvalue weighted by Crippen LogP contribution is -2.25. The first-order valence-corrected chi connectivity index (χ1v) is 9.01. The second-order valence-corrected chi connectivity index (χ2v) is 7.25. The van der Waals surface area contributed by atoms with Crippen LogP contribution in [0.15, 0.2) is 65.6 Å². The minimum atomic E-state index is -3.85. The second-order valence-electron chi connectivity index (χ2n) is 5.15. The van der Waals surface area contributed by atoms with Gasteiger partial charge in [0.1, 0.15) is 11.5 Å². The van der Waals surface area contributed by atoms with Crippen LogP contribution in [-0.4, -0.2) is 24.1 Å². The number of nitrogens with zero attached hydrogens (tertiary/aromatic N) is 2. The predicted molar refractivity (Wildman–Crippen MR) is 96.7 cm³/mol. The van der Waals surface area contributed by atoms with Crippen LogP contribution < -0.4 is 10.6 Å². The summed E-state index contributed by atoms with van der Waals surface area (Å²) in [4.78, 5) is 3.56. The van der Waals surface area contributed by atoms with Crippen LogP contribution in [0.4, 0.5) is 0 Å². The zero-order valence-electron chi connectivity index (χ0n) is 12.8. The largest absolute Gasteiger partial charge is 0.382 e. The molecule has 0 spiro atoms. The molecule has 0 amide bonds. The third-order valence-corrected chi connectivity index (χ3v) is 4.94. The van der Waals surface area contributed by atoms with E-state index in [1.807, 2.05) is 0 Å². The number of nitrogen functional groups attached to an aromatic ring is 1. The monoisotopic (exact) mass is 375 g/mol. The second kappa shape index (κ2) is 6.58. The molecule has 7 nitrogen and oxygen atoms in total. The van der Waals surface area contributed by atoms with E-state index in [4.69, 9.17) is 22.7 Å². The molecule has 0 unspecified atom stereocenters. The van der Waals surface area contributed by atoms with Gasteiger partial charge in [0.15, 0.2) is 0 Å². The minimum Gasteiger partial charge on any atom is -0.382 e. The SMILES string of the molecule is N=C(N)c1cc(-c2ccc(Cl)cc2)n(NS(=O)(=O)c2ccccc2)n1. The molecular formula is C16H14ClN5O2S.